The van der Waals surface area contributed by atoms with Crippen molar-refractivity contribution in [2.24, 2.45) is 0 Å². The number of alkyl halides is 1. The number of carboxylic acid groups (broad SMARTS) is 1. The number of hydrogen-bond acceptors (Lipinski definition) is 3. The molecule has 0 aliphatic carbocycles. The number of carbonyl (C=O) groups is 2. The van der Waals surface area contributed by atoms with Crippen molar-refractivity contribution < 1.29 is 19.4 Å². The molecule has 0 saturated carbocycles. The second-order valence-corrected chi connectivity index (χ2v) is 5.31. The van der Waals surface area contributed by atoms with Gasteiger partial charge in [0.15, 0.2) is 0 Å². The molecule has 0 saturated heterocycles. The number of nitrogens with one attached hydrogen (secondary N) is 1. The molecule has 0 fully saturated rings. The van der Waals surface area contributed by atoms with E-state index in [2.05, 4.69) is 27.9 Å². The van der Waals surface area contributed by atoms with Gasteiger partial charge in [-0.2, -0.15) is 0 Å². The Morgan fingerprint density at radius 2 is 2.00 bits per heavy atom. The Hall–Kier alpha value is -0.530. The van der Waals surface area contributed by atoms with Crippen LogP contribution in [0, 0.1) is 0 Å². The summed E-state index contributed by atoms with van der Waals surface area (Å²) in [4.78, 5) is 21.8. The lowest BCUT2D eigenvalue weighted by Gasteiger charge is -2.22. The average molecular weight is 343 g/mol. The van der Waals surface area contributed by atoms with Gasteiger partial charge in [-0.1, -0.05) is 22.6 Å². The number of alkyl carbamates (subject to hydrolysis) is 1. The van der Waals surface area contributed by atoms with Gasteiger partial charge in [-0.3, -0.25) is 4.79 Å². The fraction of sp³-hybridized carbons (Fsp3) is 0.800. The Labute approximate surface area is 109 Å². The van der Waals surface area contributed by atoms with Crippen LogP contribution >= 0.6 is 22.6 Å². The highest BCUT2D eigenvalue weighted by Gasteiger charge is 2.19. The summed E-state index contributed by atoms with van der Waals surface area (Å²) in [6, 6.07) is -0.161. The maximum absolute atomic E-state index is 11.4. The molecule has 5 nitrogen and oxygen atoms in total. The molecule has 0 aromatic rings. The zero-order chi connectivity index (χ0) is 12.8. The van der Waals surface area contributed by atoms with Crippen molar-refractivity contribution in [3.05, 3.63) is 0 Å². The van der Waals surface area contributed by atoms with Crippen LogP contribution in [0.2, 0.25) is 0 Å². The Morgan fingerprint density at radius 1 is 1.44 bits per heavy atom. The van der Waals surface area contributed by atoms with Crippen molar-refractivity contribution in [2.75, 3.05) is 4.43 Å². The van der Waals surface area contributed by atoms with Crippen molar-refractivity contribution in [2.45, 2.75) is 45.3 Å². The van der Waals surface area contributed by atoms with Gasteiger partial charge in [-0.05, 0) is 27.2 Å². The quantitative estimate of drug-likeness (QED) is 0.593. The van der Waals surface area contributed by atoms with Crippen LogP contribution in [0.25, 0.3) is 0 Å². The molecule has 0 rings (SSSR count). The Morgan fingerprint density at radius 3 is 2.38 bits per heavy atom. The topological polar surface area (TPSA) is 75.6 Å². The van der Waals surface area contributed by atoms with Crippen LogP contribution in [-0.4, -0.2) is 33.2 Å². The number of rotatable bonds is 5. The van der Waals surface area contributed by atoms with Gasteiger partial charge in [0.1, 0.15) is 5.60 Å². The van der Waals surface area contributed by atoms with Gasteiger partial charge in [0.25, 0.3) is 0 Å². The van der Waals surface area contributed by atoms with Crippen LogP contribution in [-0.2, 0) is 9.53 Å². The molecule has 1 atom stereocenters. The summed E-state index contributed by atoms with van der Waals surface area (Å²) in [7, 11) is 0. The van der Waals surface area contributed by atoms with Crippen molar-refractivity contribution in [1.82, 2.24) is 5.32 Å². The molecule has 16 heavy (non-hydrogen) atoms. The van der Waals surface area contributed by atoms with E-state index in [4.69, 9.17) is 9.84 Å². The van der Waals surface area contributed by atoms with Gasteiger partial charge >= 0.3 is 12.1 Å². The van der Waals surface area contributed by atoms with Gasteiger partial charge < -0.3 is 15.2 Å². The van der Waals surface area contributed by atoms with E-state index in [1.165, 1.54) is 0 Å². The first-order valence-corrected chi connectivity index (χ1v) is 6.54. The van der Waals surface area contributed by atoms with E-state index >= 15 is 0 Å². The monoisotopic (exact) mass is 343 g/mol. The second kappa shape index (κ2) is 6.93. The molecule has 0 aliphatic rings. The fourth-order valence-corrected chi connectivity index (χ4v) is 1.62. The first kappa shape index (κ1) is 15.5. The van der Waals surface area contributed by atoms with Gasteiger partial charge in [-0.25, -0.2) is 4.79 Å². The molecular weight excluding hydrogens is 325 g/mol. The van der Waals surface area contributed by atoms with E-state index in [9.17, 15) is 9.59 Å². The van der Waals surface area contributed by atoms with Crippen LogP contribution in [0.1, 0.15) is 33.6 Å². The van der Waals surface area contributed by atoms with Gasteiger partial charge in [0.05, 0.1) is 0 Å². The Bertz CT molecular complexity index is 250. The predicted molar refractivity (Wildman–Crippen MR) is 68.9 cm³/mol. The molecular formula is C10H18INO4. The molecule has 0 spiro atoms. The smallest absolute Gasteiger partial charge is 0.407 e. The number of hydrogen-bond donors (Lipinski definition) is 2. The van der Waals surface area contributed by atoms with Gasteiger partial charge in [-0.15, -0.1) is 0 Å². The average Bonchev–Trinajstić information content (AvgIpc) is 2.08. The van der Waals surface area contributed by atoms with Crippen LogP contribution in [0.4, 0.5) is 4.79 Å². The van der Waals surface area contributed by atoms with Gasteiger partial charge in [0.2, 0.25) is 0 Å². The van der Waals surface area contributed by atoms with Gasteiger partial charge in [0, 0.05) is 16.9 Å². The molecule has 0 radical (unpaired) electrons. The minimum absolute atomic E-state index is 0.0451. The number of halogens is 1. The molecule has 0 bridgehead atoms. The number of carboxylic acids is 1. The zero-order valence-corrected chi connectivity index (χ0v) is 11.9. The maximum Gasteiger partial charge on any atom is 0.407 e. The standard InChI is InChI=1S/C10H18INO4/c1-10(2,3)16-9(15)12-7(6-11)4-5-8(13)14/h7H,4-6H2,1-3H3,(H,12,15)(H,13,14)/t7-/m1/s1. The highest BCUT2D eigenvalue weighted by Crippen LogP contribution is 2.08. The van der Waals surface area contributed by atoms with E-state index in [1.807, 2.05) is 0 Å². The fourth-order valence-electron chi connectivity index (χ4n) is 0.960. The molecule has 6 heteroatoms. The van der Waals surface area contributed by atoms with Crippen molar-refractivity contribution in [1.29, 1.82) is 0 Å². The predicted octanol–water partition coefficient (Wildman–Crippen LogP) is 2.18. The van der Waals surface area contributed by atoms with Crippen LogP contribution in [0.15, 0.2) is 0 Å². The summed E-state index contributed by atoms with van der Waals surface area (Å²) < 4.78 is 5.73. The summed E-state index contributed by atoms with van der Waals surface area (Å²) in [6.45, 7) is 5.34. The third-order valence-electron chi connectivity index (χ3n) is 1.61. The van der Waals surface area contributed by atoms with E-state index in [0.29, 0.717) is 10.8 Å². The normalized spacial score (nSPS) is 13.0. The molecule has 0 heterocycles. The maximum atomic E-state index is 11.4. The second-order valence-electron chi connectivity index (χ2n) is 4.43. The lowest BCUT2D eigenvalue weighted by atomic mass is 10.2. The third-order valence-corrected chi connectivity index (χ3v) is 2.68. The molecule has 0 aromatic carbocycles. The largest absolute Gasteiger partial charge is 0.481 e. The van der Waals surface area contributed by atoms with Crippen molar-refractivity contribution >= 4 is 34.7 Å². The number of aliphatic carboxylic acids is 1. The first-order chi connectivity index (χ1) is 7.24. The van der Waals surface area contributed by atoms with E-state index < -0.39 is 17.7 Å². The lowest BCUT2D eigenvalue weighted by molar-refractivity contribution is -0.137. The molecule has 2 N–H and O–H groups in total. The third kappa shape index (κ3) is 8.75. The van der Waals surface area contributed by atoms with Crippen molar-refractivity contribution in [3.8, 4) is 0 Å². The molecule has 0 aliphatic heterocycles. The summed E-state index contributed by atoms with van der Waals surface area (Å²) in [5.74, 6) is -0.860. The molecule has 1 amide bonds. The SMILES string of the molecule is CC(C)(C)OC(=O)N[C@@H](CI)CCC(=O)O. The highest BCUT2D eigenvalue weighted by atomic mass is 127. The number of ether oxygens (including phenoxy) is 1. The van der Waals surface area contributed by atoms with Crippen LogP contribution < -0.4 is 5.32 Å². The lowest BCUT2D eigenvalue weighted by Crippen LogP contribution is -2.40. The molecule has 0 unspecified atom stereocenters. The first-order valence-electron chi connectivity index (χ1n) is 5.02. The number of carbonyl (C=O) groups excluding carboxylic acids is 1. The minimum Gasteiger partial charge on any atom is -0.481 e. The Balaban J connectivity index is 4.02. The summed E-state index contributed by atoms with van der Waals surface area (Å²) >= 11 is 2.10. The van der Waals surface area contributed by atoms with Crippen LogP contribution in [0.5, 0.6) is 0 Å². The highest BCUT2D eigenvalue weighted by molar-refractivity contribution is 14.1. The summed E-state index contributed by atoms with van der Waals surface area (Å²) in [5, 5.41) is 11.2. The number of amides is 1. The summed E-state index contributed by atoms with van der Waals surface area (Å²) in [6.07, 6.45) is -0.0411. The molecule has 94 valence electrons. The van der Waals surface area contributed by atoms with E-state index in [1.54, 1.807) is 20.8 Å². The van der Waals surface area contributed by atoms with Crippen molar-refractivity contribution in [3.63, 3.8) is 0 Å². The molecule has 0 aromatic heterocycles. The minimum atomic E-state index is -0.860. The summed E-state index contributed by atoms with van der Waals surface area (Å²) in [5.41, 5.74) is -0.535. The Kier molecular flexibility index (Phi) is 6.70. The van der Waals surface area contributed by atoms with Crippen LogP contribution in [0.3, 0.4) is 0 Å². The zero-order valence-electron chi connectivity index (χ0n) is 9.75. The van der Waals surface area contributed by atoms with E-state index in [0.717, 1.165) is 0 Å². The van der Waals surface area contributed by atoms with E-state index in [-0.39, 0.29) is 12.5 Å².